The van der Waals surface area contributed by atoms with E-state index >= 15 is 0 Å². The van der Waals surface area contributed by atoms with Crippen LogP contribution in [-0.4, -0.2) is 22.2 Å². The SMILES string of the molecule is NC(=O)N(Cc1ccc(Cc2ccc(CN(OCc3ccccc3)C(N)=O)cc2)cc1)OCc1ccccc1. The maximum atomic E-state index is 11.9. The summed E-state index contributed by atoms with van der Waals surface area (Å²) in [4.78, 5) is 35.0. The zero-order chi connectivity index (χ0) is 27.5. The average Bonchev–Trinajstić information content (AvgIpc) is 2.96. The summed E-state index contributed by atoms with van der Waals surface area (Å²) < 4.78 is 0. The van der Waals surface area contributed by atoms with Gasteiger partial charge in [-0.15, -0.1) is 0 Å². The van der Waals surface area contributed by atoms with E-state index in [1.165, 1.54) is 10.1 Å². The number of benzene rings is 4. The first-order chi connectivity index (χ1) is 19.0. The molecule has 4 aromatic rings. The van der Waals surface area contributed by atoms with Gasteiger partial charge in [0.05, 0.1) is 13.1 Å². The molecule has 0 aliphatic heterocycles. The molecule has 0 unspecified atom stereocenters. The molecule has 8 nitrogen and oxygen atoms in total. The summed E-state index contributed by atoms with van der Waals surface area (Å²) in [6.07, 6.45) is 0.731. The van der Waals surface area contributed by atoms with Crippen LogP contribution in [0.25, 0.3) is 0 Å². The Kier molecular flexibility index (Phi) is 9.66. The Morgan fingerprint density at radius 3 is 1.15 bits per heavy atom. The minimum Gasteiger partial charge on any atom is -0.350 e. The van der Waals surface area contributed by atoms with E-state index in [1.807, 2.05) is 109 Å². The molecule has 39 heavy (non-hydrogen) atoms. The molecule has 0 aromatic heterocycles. The molecule has 200 valence electrons. The van der Waals surface area contributed by atoms with Crippen molar-refractivity contribution in [3.05, 3.63) is 143 Å². The highest BCUT2D eigenvalue weighted by molar-refractivity contribution is 5.71. The van der Waals surface area contributed by atoms with Crippen LogP contribution in [0.4, 0.5) is 9.59 Å². The first-order valence-corrected chi connectivity index (χ1v) is 12.6. The average molecular weight is 525 g/mol. The second-order valence-electron chi connectivity index (χ2n) is 9.08. The fourth-order valence-corrected chi connectivity index (χ4v) is 3.92. The van der Waals surface area contributed by atoms with E-state index in [2.05, 4.69) is 0 Å². The molecule has 0 aliphatic rings. The van der Waals surface area contributed by atoms with E-state index < -0.39 is 12.1 Å². The van der Waals surface area contributed by atoms with Crippen molar-refractivity contribution < 1.29 is 19.3 Å². The van der Waals surface area contributed by atoms with Crippen molar-refractivity contribution in [1.29, 1.82) is 0 Å². The van der Waals surface area contributed by atoms with E-state index in [9.17, 15) is 9.59 Å². The number of carbonyl (C=O) groups is 2. The predicted octanol–water partition coefficient (Wildman–Crippen LogP) is 5.30. The van der Waals surface area contributed by atoms with Crippen LogP contribution in [0.2, 0.25) is 0 Å². The second kappa shape index (κ2) is 13.8. The standard InChI is InChI=1S/C31H32N4O4/c32-30(36)34(38-22-28-7-3-1-4-8-28)20-26-15-11-24(12-16-26)19-25-13-17-27(18-14-25)21-35(31(33)37)39-23-29-9-5-2-6-10-29/h1-18H,19-23H2,(H2,32,36)(H2,33,37). The van der Waals surface area contributed by atoms with Crippen LogP contribution in [0.1, 0.15) is 33.4 Å². The van der Waals surface area contributed by atoms with E-state index in [0.717, 1.165) is 39.8 Å². The number of hydroxylamine groups is 4. The highest BCUT2D eigenvalue weighted by Gasteiger charge is 2.13. The van der Waals surface area contributed by atoms with Gasteiger partial charge < -0.3 is 11.5 Å². The molecule has 0 saturated heterocycles. The molecular weight excluding hydrogens is 492 g/mol. The van der Waals surface area contributed by atoms with Crippen LogP contribution < -0.4 is 11.5 Å². The number of primary amides is 2. The molecular formula is C31H32N4O4. The van der Waals surface area contributed by atoms with Gasteiger partial charge in [-0.2, -0.15) is 10.1 Å². The number of carbonyl (C=O) groups excluding carboxylic acids is 2. The fraction of sp³-hybridized carbons (Fsp3) is 0.161. The van der Waals surface area contributed by atoms with Gasteiger partial charge in [-0.3, -0.25) is 9.68 Å². The van der Waals surface area contributed by atoms with Crippen molar-refractivity contribution in [2.75, 3.05) is 0 Å². The summed E-state index contributed by atoms with van der Waals surface area (Å²) in [5.74, 6) is 0. The van der Waals surface area contributed by atoms with Gasteiger partial charge in [-0.1, -0.05) is 109 Å². The van der Waals surface area contributed by atoms with Gasteiger partial charge in [0.15, 0.2) is 0 Å². The van der Waals surface area contributed by atoms with Crippen LogP contribution in [0.5, 0.6) is 0 Å². The van der Waals surface area contributed by atoms with Gasteiger partial charge in [-0.25, -0.2) is 9.59 Å². The lowest BCUT2D eigenvalue weighted by Crippen LogP contribution is -2.35. The third kappa shape index (κ3) is 8.70. The first kappa shape index (κ1) is 27.4. The van der Waals surface area contributed by atoms with Crippen LogP contribution in [-0.2, 0) is 42.4 Å². The fourth-order valence-electron chi connectivity index (χ4n) is 3.92. The molecule has 0 fully saturated rings. The Hall–Kier alpha value is -4.66. The van der Waals surface area contributed by atoms with E-state index in [-0.39, 0.29) is 26.3 Å². The Morgan fingerprint density at radius 1 is 0.487 bits per heavy atom. The summed E-state index contributed by atoms with van der Waals surface area (Å²) in [7, 11) is 0. The maximum absolute atomic E-state index is 11.9. The Morgan fingerprint density at radius 2 is 0.821 bits per heavy atom. The van der Waals surface area contributed by atoms with Crippen molar-refractivity contribution in [2.24, 2.45) is 11.5 Å². The molecule has 4 aromatic carbocycles. The molecule has 0 saturated carbocycles. The third-order valence-electron chi connectivity index (χ3n) is 6.06. The van der Waals surface area contributed by atoms with Crippen LogP contribution in [0.3, 0.4) is 0 Å². The van der Waals surface area contributed by atoms with Gasteiger partial charge in [0, 0.05) is 0 Å². The quantitative estimate of drug-likeness (QED) is 0.245. The van der Waals surface area contributed by atoms with Crippen molar-refractivity contribution in [2.45, 2.75) is 32.7 Å². The molecule has 0 bridgehead atoms. The summed E-state index contributed by atoms with van der Waals surface area (Å²) in [5, 5.41) is 2.33. The van der Waals surface area contributed by atoms with Crippen molar-refractivity contribution in [3.63, 3.8) is 0 Å². The Bertz CT molecular complexity index is 1230. The largest absolute Gasteiger partial charge is 0.350 e. The number of rotatable bonds is 12. The van der Waals surface area contributed by atoms with Crippen LogP contribution in [0.15, 0.2) is 109 Å². The molecule has 4 N–H and O–H groups in total. The molecule has 0 radical (unpaired) electrons. The normalized spacial score (nSPS) is 10.7. The predicted molar refractivity (Wildman–Crippen MR) is 148 cm³/mol. The van der Waals surface area contributed by atoms with Crippen molar-refractivity contribution in [1.82, 2.24) is 10.1 Å². The molecule has 4 rings (SSSR count). The summed E-state index contributed by atoms with van der Waals surface area (Å²) in [6.45, 7) is 1.02. The molecule has 0 atom stereocenters. The lowest BCUT2D eigenvalue weighted by Gasteiger charge is -2.20. The van der Waals surface area contributed by atoms with Crippen molar-refractivity contribution in [3.8, 4) is 0 Å². The third-order valence-corrected chi connectivity index (χ3v) is 6.06. The number of hydrogen-bond donors (Lipinski definition) is 2. The summed E-state index contributed by atoms with van der Waals surface area (Å²) in [6, 6.07) is 33.8. The van der Waals surface area contributed by atoms with E-state index in [0.29, 0.717) is 0 Å². The number of nitrogens with zero attached hydrogens (tertiary/aromatic N) is 2. The molecule has 4 amide bonds. The zero-order valence-electron chi connectivity index (χ0n) is 21.6. The van der Waals surface area contributed by atoms with Crippen LogP contribution >= 0.6 is 0 Å². The maximum Gasteiger partial charge on any atom is 0.339 e. The molecule has 0 spiro atoms. The number of hydrogen-bond acceptors (Lipinski definition) is 4. The monoisotopic (exact) mass is 524 g/mol. The minimum absolute atomic E-state index is 0.250. The van der Waals surface area contributed by atoms with Gasteiger partial charge in [0.25, 0.3) is 0 Å². The van der Waals surface area contributed by atoms with E-state index in [1.54, 1.807) is 0 Å². The lowest BCUT2D eigenvalue weighted by atomic mass is 10.0. The van der Waals surface area contributed by atoms with Gasteiger partial charge in [0.1, 0.15) is 13.2 Å². The number of nitrogens with two attached hydrogens (primary N) is 2. The van der Waals surface area contributed by atoms with Crippen LogP contribution in [0, 0.1) is 0 Å². The number of urea groups is 2. The highest BCUT2D eigenvalue weighted by atomic mass is 16.7. The Balaban J connectivity index is 1.29. The smallest absolute Gasteiger partial charge is 0.339 e. The minimum atomic E-state index is -0.643. The van der Waals surface area contributed by atoms with Gasteiger partial charge >= 0.3 is 12.1 Å². The van der Waals surface area contributed by atoms with Gasteiger partial charge in [0.2, 0.25) is 0 Å². The van der Waals surface area contributed by atoms with Gasteiger partial charge in [-0.05, 0) is 39.8 Å². The summed E-state index contributed by atoms with van der Waals surface area (Å²) >= 11 is 0. The van der Waals surface area contributed by atoms with Crippen molar-refractivity contribution >= 4 is 12.1 Å². The topological polar surface area (TPSA) is 111 Å². The number of amides is 4. The second-order valence-corrected chi connectivity index (χ2v) is 9.08. The molecule has 0 aliphatic carbocycles. The van der Waals surface area contributed by atoms with E-state index in [4.69, 9.17) is 21.1 Å². The molecule has 0 heterocycles. The first-order valence-electron chi connectivity index (χ1n) is 12.6. The lowest BCUT2D eigenvalue weighted by molar-refractivity contribution is -0.132. The molecule has 8 heteroatoms. The highest BCUT2D eigenvalue weighted by Crippen LogP contribution is 2.16. The summed E-state index contributed by atoms with van der Waals surface area (Å²) in [5.41, 5.74) is 17.0. The zero-order valence-corrected chi connectivity index (χ0v) is 21.6. The Labute approximate surface area is 228 Å².